The van der Waals surface area contributed by atoms with Gasteiger partial charge in [0.05, 0.1) is 13.5 Å². The summed E-state index contributed by atoms with van der Waals surface area (Å²) < 4.78 is 4.44. The number of aliphatic carboxylic acids is 1. The number of nitrogens with one attached hydrogen (secondary N) is 1. The Bertz CT molecular complexity index is 404. The van der Waals surface area contributed by atoms with Crippen LogP contribution in [0.5, 0.6) is 0 Å². The number of ether oxygens (including phenoxy) is 1. The molecule has 0 aromatic carbocycles. The summed E-state index contributed by atoms with van der Waals surface area (Å²) in [5.74, 6) is -1.34. The molecule has 7 heteroatoms. The Balaban J connectivity index is 1.91. The summed E-state index contributed by atoms with van der Waals surface area (Å²) in [7, 11) is 1.19. The van der Waals surface area contributed by atoms with E-state index >= 15 is 0 Å². The second kappa shape index (κ2) is 6.11. The van der Waals surface area contributed by atoms with Gasteiger partial charge < -0.3 is 20.1 Å². The molecule has 7 nitrogen and oxygen atoms in total. The van der Waals surface area contributed by atoms with Crippen LogP contribution in [0.1, 0.15) is 32.1 Å². The van der Waals surface area contributed by atoms with Crippen LogP contribution in [0.4, 0.5) is 4.79 Å². The quantitative estimate of drug-likeness (QED) is 0.667. The zero-order valence-corrected chi connectivity index (χ0v) is 11.5. The van der Waals surface area contributed by atoms with E-state index in [1.807, 2.05) is 0 Å². The molecule has 1 atom stereocenters. The van der Waals surface area contributed by atoms with E-state index in [0.29, 0.717) is 12.5 Å². The van der Waals surface area contributed by atoms with Crippen LogP contribution >= 0.6 is 0 Å². The lowest BCUT2D eigenvalue weighted by Gasteiger charge is -2.24. The van der Waals surface area contributed by atoms with Crippen molar-refractivity contribution in [2.24, 2.45) is 5.92 Å². The zero-order chi connectivity index (χ0) is 14.7. The first-order valence-electron chi connectivity index (χ1n) is 6.88. The number of urea groups is 1. The number of carboxylic acid groups (broad SMARTS) is 1. The summed E-state index contributed by atoms with van der Waals surface area (Å²) in [5.41, 5.74) is 0. The molecule has 2 saturated carbocycles. The van der Waals surface area contributed by atoms with Crippen molar-refractivity contribution in [3.05, 3.63) is 0 Å². The Morgan fingerprint density at radius 3 is 2.40 bits per heavy atom. The predicted molar refractivity (Wildman–Crippen MR) is 69.0 cm³/mol. The Hall–Kier alpha value is -1.79. The van der Waals surface area contributed by atoms with E-state index in [-0.39, 0.29) is 12.5 Å². The average Bonchev–Trinajstić information content (AvgIpc) is 3.27. The maximum Gasteiger partial charge on any atom is 0.326 e. The first-order valence-corrected chi connectivity index (χ1v) is 6.88. The minimum Gasteiger partial charge on any atom is -0.480 e. The highest BCUT2D eigenvalue weighted by atomic mass is 16.5. The monoisotopic (exact) mass is 284 g/mol. The van der Waals surface area contributed by atoms with Crippen LogP contribution in [0.15, 0.2) is 0 Å². The summed E-state index contributed by atoms with van der Waals surface area (Å²) in [5, 5.41) is 11.5. The first kappa shape index (κ1) is 14.6. The third-order valence-corrected chi connectivity index (χ3v) is 3.59. The second-order valence-corrected chi connectivity index (χ2v) is 5.45. The maximum absolute atomic E-state index is 12.2. The number of carbonyl (C=O) groups is 3. The number of carbonyl (C=O) groups excluding carboxylic acids is 2. The average molecular weight is 284 g/mol. The van der Waals surface area contributed by atoms with E-state index in [2.05, 4.69) is 10.1 Å². The molecule has 0 unspecified atom stereocenters. The van der Waals surface area contributed by atoms with E-state index in [9.17, 15) is 14.4 Å². The van der Waals surface area contributed by atoms with Crippen molar-refractivity contribution in [2.45, 2.75) is 44.2 Å². The zero-order valence-electron chi connectivity index (χ0n) is 11.5. The van der Waals surface area contributed by atoms with E-state index in [1.165, 1.54) is 7.11 Å². The summed E-state index contributed by atoms with van der Waals surface area (Å²) >= 11 is 0. The van der Waals surface area contributed by atoms with Gasteiger partial charge in [-0.05, 0) is 31.6 Å². The van der Waals surface area contributed by atoms with Crippen molar-refractivity contribution in [2.75, 3.05) is 13.7 Å². The van der Waals surface area contributed by atoms with Crippen molar-refractivity contribution >= 4 is 18.0 Å². The van der Waals surface area contributed by atoms with E-state index in [0.717, 1.165) is 25.7 Å². The molecular weight excluding hydrogens is 264 g/mol. The van der Waals surface area contributed by atoms with Gasteiger partial charge in [-0.15, -0.1) is 0 Å². The van der Waals surface area contributed by atoms with Crippen molar-refractivity contribution in [1.82, 2.24) is 10.2 Å². The molecule has 2 N–H and O–H groups in total. The number of hydrogen-bond donors (Lipinski definition) is 2. The highest BCUT2D eigenvalue weighted by Gasteiger charge is 2.38. The van der Waals surface area contributed by atoms with E-state index in [1.54, 1.807) is 4.90 Å². The van der Waals surface area contributed by atoms with Crippen molar-refractivity contribution in [3.63, 3.8) is 0 Å². The minimum absolute atomic E-state index is 0.225. The summed E-state index contributed by atoms with van der Waals surface area (Å²) in [6, 6.07) is -1.41. The lowest BCUT2D eigenvalue weighted by atomic mass is 10.2. The summed E-state index contributed by atoms with van der Waals surface area (Å²) in [6.45, 7) is 0.682. The van der Waals surface area contributed by atoms with Gasteiger partial charge in [0.15, 0.2) is 0 Å². The first-order chi connectivity index (χ1) is 9.51. The molecule has 0 heterocycles. The number of esters is 1. The molecule has 2 rings (SSSR count). The molecule has 2 fully saturated rings. The Morgan fingerprint density at radius 2 is 1.95 bits per heavy atom. The number of amides is 2. The van der Waals surface area contributed by atoms with Gasteiger partial charge >= 0.3 is 18.0 Å². The Morgan fingerprint density at radius 1 is 1.30 bits per heavy atom. The molecule has 0 aromatic heterocycles. The van der Waals surface area contributed by atoms with Gasteiger partial charge in [0.1, 0.15) is 6.04 Å². The molecule has 0 spiro atoms. The highest BCUT2D eigenvalue weighted by molar-refractivity contribution is 5.86. The van der Waals surface area contributed by atoms with Crippen molar-refractivity contribution < 1.29 is 24.2 Å². The largest absolute Gasteiger partial charge is 0.480 e. The predicted octanol–water partition coefficient (Wildman–Crippen LogP) is 0.587. The summed E-state index contributed by atoms with van der Waals surface area (Å²) in [4.78, 5) is 36.1. The molecule has 0 aromatic rings. The standard InChI is InChI=1S/C13H20N2O5/c1-20-11(16)6-10(12(17)18)14-13(19)15(9-4-5-9)7-8-2-3-8/h8-10H,2-7H2,1H3,(H,14,19)(H,17,18)/t10-/m0/s1. The number of carboxylic acids is 1. The van der Waals surface area contributed by atoms with Gasteiger partial charge in [0, 0.05) is 12.6 Å². The molecule has 0 bridgehead atoms. The third-order valence-electron chi connectivity index (χ3n) is 3.59. The molecule has 20 heavy (non-hydrogen) atoms. The van der Waals surface area contributed by atoms with E-state index in [4.69, 9.17) is 5.11 Å². The van der Waals surface area contributed by atoms with E-state index < -0.39 is 24.0 Å². The lowest BCUT2D eigenvalue weighted by Crippen LogP contribution is -2.50. The highest BCUT2D eigenvalue weighted by Crippen LogP contribution is 2.34. The SMILES string of the molecule is COC(=O)C[C@H](NC(=O)N(CC1CC1)C1CC1)C(=O)O. The fourth-order valence-electron chi connectivity index (χ4n) is 2.04. The minimum atomic E-state index is -1.24. The third kappa shape index (κ3) is 4.11. The number of nitrogens with zero attached hydrogens (tertiary/aromatic N) is 1. The van der Waals surface area contributed by atoms with Crippen LogP contribution in [0.3, 0.4) is 0 Å². The van der Waals surface area contributed by atoms with Gasteiger partial charge in [-0.3, -0.25) is 4.79 Å². The molecule has 2 aliphatic rings. The molecule has 112 valence electrons. The van der Waals surface area contributed by atoms with Gasteiger partial charge in [-0.2, -0.15) is 0 Å². The smallest absolute Gasteiger partial charge is 0.326 e. The molecule has 0 aliphatic heterocycles. The topological polar surface area (TPSA) is 95.9 Å². The Kier molecular flexibility index (Phi) is 4.46. The van der Waals surface area contributed by atoms with Gasteiger partial charge in [-0.25, -0.2) is 9.59 Å². The van der Waals surface area contributed by atoms with Crippen molar-refractivity contribution in [1.29, 1.82) is 0 Å². The fourth-order valence-corrected chi connectivity index (χ4v) is 2.04. The van der Waals surface area contributed by atoms with Crippen molar-refractivity contribution in [3.8, 4) is 0 Å². The van der Waals surface area contributed by atoms with Crippen LogP contribution in [-0.2, 0) is 14.3 Å². The van der Waals surface area contributed by atoms with Crippen LogP contribution in [-0.4, -0.2) is 53.7 Å². The Labute approximate surface area is 117 Å². The number of methoxy groups -OCH3 is 1. The van der Waals surface area contributed by atoms with Gasteiger partial charge in [0.25, 0.3) is 0 Å². The van der Waals surface area contributed by atoms with Crippen LogP contribution < -0.4 is 5.32 Å². The number of rotatable bonds is 7. The maximum atomic E-state index is 12.2. The normalized spacial score (nSPS) is 19.1. The molecule has 0 saturated heterocycles. The fraction of sp³-hybridized carbons (Fsp3) is 0.769. The molecular formula is C13H20N2O5. The molecule has 0 radical (unpaired) electrons. The number of hydrogen-bond acceptors (Lipinski definition) is 4. The second-order valence-electron chi connectivity index (χ2n) is 5.45. The van der Waals surface area contributed by atoms with Gasteiger partial charge in [-0.1, -0.05) is 0 Å². The van der Waals surface area contributed by atoms with Crippen LogP contribution in [0.2, 0.25) is 0 Å². The molecule has 2 amide bonds. The van der Waals surface area contributed by atoms with Crippen LogP contribution in [0.25, 0.3) is 0 Å². The summed E-state index contributed by atoms with van der Waals surface area (Å²) in [6.07, 6.45) is 3.82. The molecule has 2 aliphatic carbocycles. The lowest BCUT2D eigenvalue weighted by molar-refractivity contribution is -0.147. The van der Waals surface area contributed by atoms with Gasteiger partial charge in [0.2, 0.25) is 0 Å². The van der Waals surface area contributed by atoms with Crippen LogP contribution in [0, 0.1) is 5.92 Å².